The number of aryl methyl sites for hydroxylation is 1. The van der Waals surface area contributed by atoms with Gasteiger partial charge in [0.2, 0.25) is 0 Å². The largest absolute Gasteiger partial charge is 0.495 e. The first-order valence-electron chi connectivity index (χ1n) is 8.94. The number of hydrogen-bond acceptors (Lipinski definition) is 5. The van der Waals surface area contributed by atoms with Crippen molar-refractivity contribution in [3.8, 4) is 28.0 Å². The SMILES string of the molecule is COc1c(-c2ccccc2)cc(C)cc1-c1ccccc1.CS(=O)(=O)O.CS(=O)(=O)O. The summed E-state index contributed by atoms with van der Waals surface area (Å²) in [7, 11) is -5.59. The summed E-state index contributed by atoms with van der Waals surface area (Å²) in [5.74, 6) is 0.929. The molecule has 7 nitrogen and oxygen atoms in total. The predicted molar refractivity (Wildman–Crippen MR) is 124 cm³/mol. The van der Waals surface area contributed by atoms with E-state index in [4.69, 9.17) is 13.8 Å². The maximum Gasteiger partial charge on any atom is 0.261 e. The van der Waals surface area contributed by atoms with Crippen LogP contribution in [0, 0.1) is 6.92 Å². The van der Waals surface area contributed by atoms with Crippen molar-refractivity contribution < 1.29 is 30.7 Å². The fourth-order valence-electron chi connectivity index (χ4n) is 2.66. The highest BCUT2D eigenvalue weighted by atomic mass is 32.2. The molecule has 3 aromatic rings. The van der Waals surface area contributed by atoms with Crippen LogP contribution in [0.2, 0.25) is 0 Å². The number of methoxy groups -OCH3 is 1. The molecule has 168 valence electrons. The van der Waals surface area contributed by atoms with Crippen molar-refractivity contribution in [1.82, 2.24) is 0 Å². The molecule has 0 amide bonds. The van der Waals surface area contributed by atoms with Crippen molar-refractivity contribution in [2.24, 2.45) is 0 Å². The van der Waals surface area contributed by atoms with E-state index in [-0.39, 0.29) is 0 Å². The van der Waals surface area contributed by atoms with Gasteiger partial charge in [0.15, 0.2) is 0 Å². The molecule has 0 unspecified atom stereocenters. The van der Waals surface area contributed by atoms with E-state index in [2.05, 4.69) is 67.6 Å². The monoisotopic (exact) mass is 466 g/mol. The standard InChI is InChI=1S/C20H18O.2CH4O3S/c1-15-13-18(16-9-5-3-6-10-16)20(21-2)19(14-15)17-11-7-4-8-12-17;2*1-5(2,3)4/h3-14H,1-2H3;2*1H3,(H,2,3,4). The first kappa shape index (κ1) is 26.3. The fourth-order valence-corrected chi connectivity index (χ4v) is 2.66. The van der Waals surface area contributed by atoms with Gasteiger partial charge in [-0.25, -0.2) is 0 Å². The maximum absolute atomic E-state index is 9.19. The third-order valence-corrected chi connectivity index (χ3v) is 3.61. The van der Waals surface area contributed by atoms with Gasteiger partial charge in [-0.3, -0.25) is 9.11 Å². The molecular weight excluding hydrogens is 440 g/mol. The third kappa shape index (κ3) is 11.3. The lowest BCUT2D eigenvalue weighted by atomic mass is 9.95. The highest BCUT2D eigenvalue weighted by Gasteiger charge is 2.13. The first-order chi connectivity index (χ1) is 14.3. The second-order valence-corrected chi connectivity index (χ2v) is 9.52. The molecular formula is C22H26O7S2. The van der Waals surface area contributed by atoms with E-state index in [9.17, 15) is 16.8 Å². The van der Waals surface area contributed by atoms with Crippen molar-refractivity contribution in [3.05, 3.63) is 78.4 Å². The minimum absolute atomic E-state index is 0.715. The van der Waals surface area contributed by atoms with E-state index in [1.54, 1.807) is 7.11 Å². The summed E-state index contributed by atoms with van der Waals surface area (Å²) in [6.07, 6.45) is 1.43. The molecule has 0 bridgehead atoms. The molecule has 0 saturated heterocycles. The summed E-state index contributed by atoms with van der Waals surface area (Å²) in [4.78, 5) is 0. The molecule has 31 heavy (non-hydrogen) atoms. The zero-order valence-electron chi connectivity index (χ0n) is 17.7. The molecule has 0 aliphatic heterocycles. The Morgan fingerprint density at radius 3 is 1.23 bits per heavy atom. The summed E-state index contributed by atoms with van der Waals surface area (Å²) >= 11 is 0. The van der Waals surface area contributed by atoms with Crippen LogP contribution in [0.5, 0.6) is 5.75 Å². The first-order valence-corrected chi connectivity index (χ1v) is 12.6. The molecule has 0 aromatic heterocycles. The van der Waals surface area contributed by atoms with Gasteiger partial charge in [0.25, 0.3) is 20.2 Å². The summed E-state index contributed by atoms with van der Waals surface area (Å²) in [6, 6.07) is 25.1. The molecule has 3 rings (SSSR count). The summed E-state index contributed by atoms with van der Waals surface area (Å²) in [6.45, 7) is 2.12. The zero-order chi connectivity index (χ0) is 23.7. The van der Waals surface area contributed by atoms with Crippen LogP contribution in [0.25, 0.3) is 22.3 Å². The number of rotatable bonds is 3. The Labute approximate surface area is 183 Å². The van der Waals surface area contributed by atoms with Gasteiger partial charge in [-0.15, -0.1) is 0 Å². The Hall–Kier alpha value is -2.72. The Morgan fingerprint density at radius 2 is 0.968 bits per heavy atom. The lowest BCUT2D eigenvalue weighted by Crippen LogP contribution is -1.93. The summed E-state index contributed by atoms with van der Waals surface area (Å²) in [5, 5.41) is 0. The van der Waals surface area contributed by atoms with Crippen LogP contribution in [0.15, 0.2) is 72.8 Å². The van der Waals surface area contributed by atoms with Crippen LogP contribution in [-0.2, 0) is 20.2 Å². The average Bonchev–Trinajstić information content (AvgIpc) is 2.66. The van der Waals surface area contributed by atoms with E-state index in [1.807, 2.05) is 12.1 Å². The van der Waals surface area contributed by atoms with Gasteiger partial charge in [-0.1, -0.05) is 60.7 Å². The van der Waals surface area contributed by atoms with Crippen LogP contribution < -0.4 is 4.74 Å². The quantitative estimate of drug-likeness (QED) is 0.551. The minimum atomic E-state index is -3.67. The second kappa shape index (κ2) is 11.6. The summed E-state index contributed by atoms with van der Waals surface area (Å²) in [5.41, 5.74) is 5.85. The van der Waals surface area contributed by atoms with Crippen LogP contribution in [-0.4, -0.2) is 45.6 Å². The minimum Gasteiger partial charge on any atom is -0.495 e. The Morgan fingerprint density at radius 1 is 0.677 bits per heavy atom. The Kier molecular flexibility index (Phi) is 9.86. The highest BCUT2D eigenvalue weighted by Crippen LogP contribution is 2.39. The van der Waals surface area contributed by atoms with Crippen LogP contribution in [0.1, 0.15) is 5.56 Å². The molecule has 9 heteroatoms. The maximum atomic E-state index is 9.19. The molecule has 0 atom stereocenters. The van der Waals surface area contributed by atoms with Gasteiger partial charge < -0.3 is 4.74 Å². The molecule has 0 saturated carbocycles. The van der Waals surface area contributed by atoms with Crippen molar-refractivity contribution in [1.29, 1.82) is 0 Å². The molecule has 0 aliphatic carbocycles. The van der Waals surface area contributed by atoms with Crippen molar-refractivity contribution in [2.75, 3.05) is 19.6 Å². The van der Waals surface area contributed by atoms with E-state index >= 15 is 0 Å². The normalized spacial score (nSPS) is 10.8. The molecule has 0 aliphatic rings. The van der Waals surface area contributed by atoms with Crippen LogP contribution in [0.4, 0.5) is 0 Å². The van der Waals surface area contributed by atoms with Gasteiger partial charge in [-0.2, -0.15) is 16.8 Å². The van der Waals surface area contributed by atoms with Gasteiger partial charge >= 0.3 is 0 Å². The molecule has 3 aromatic carbocycles. The van der Waals surface area contributed by atoms with Gasteiger partial charge in [-0.05, 0) is 35.7 Å². The van der Waals surface area contributed by atoms with Gasteiger partial charge in [0.1, 0.15) is 5.75 Å². The topological polar surface area (TPSA) is 118 Å². The number of benzene rings is 3. The molecule has 0 spiro atoms. The molecule has 2 N–H and O–H groups in total. The smallest absolute Gasteiger partial charge is 0.261 e. The molecule has 0 fully saturated rings. The average molecular weight is 467 g/mol. The molecule has 0 radical (unpaired) electrons. The fraction of sp³-hybridized carbons (Fsp3) is 0.182. The Balaban J connectivity index is 0.000000404. The lowest BCUT2D eigenvalue weighted by Gasteiger charge is -2.15. The third-order valence-electron chi connectivity index (χ3n) is 3.61. The van der Waals surface area contributed by atoms with E-state index in [1.165, 1.54) is 16.7 Å². The van der Waals surface area contributed by atoms with E-state index in [0.29, 0.717) is 12.5 Å². The van der Waals surface area contributed by atoms with Crippen molar-refractivity contribution in [2.45, 2.75) is 6.92 Å². The van der Waals surface area contributed by atoms with E-state index < -0.39 is 20.2 Å². The van der Waals surface area contributed by atoms with E-state index in [0.717, 1.165) is 16.9 Å². The Bertz CT molecular complexity index is 1070. The van der Waals surface area contributed by atoms with Crippen molar-refractivity contribution in [3.63, 3.8) is 0 Å². The predicted octanol–water partition coefficient (Wildman–Crippen LogP) is 4.35. The van der Waals surface area contributed by atoms with Gasteiger partial charge in [0, 0.05) is 11.1 Å². The van der Waals surface area contributed by atoms with Crippen LogP contribution >= 0.6 is 0 Å². The highest BCUT2D eigenvalue weighted by molar-refractivity contribution is 7.85. The number of ether oxygens (including phenoxy) is 1. The second-order valence-electron chi connectivity index (χ2n) is 6.59. The zero-order valence-corrected chi connectivity index (χ0v) is 19.3. The van der Waals surface area contributed by atoms with Gasteiger partial charge in [0.05, 0.1) is 19.6 Å². The lowest BCUT2D eigenvalue weighted by molar-refractivity contribution is 0.418. The van der Waals surface area contributed by atoms with Crippen molar-refractivity contribution >= 4 is 20.2 Å². The van der Waals surface area contributed by atoms with Crippen LogP contribution in [0.3, 0.4) is 0 Å². The number of hydrogen-bond donors (Lipinski definition) is 2. The molecule has 0 heterocycles. The summed E-state index contributed by atoms with van der Waals surface area (Å²) < 4.78 is 57.5.